The number of aryl methyl sites for hydroxylation is 3. The third-order valence-electron chi connectivity index (χ3n) is 3.66. The van der Waals surface area contributed by atoms with E-state index in [2.05, 4.69) is 15.4 Å². The van der Waals surface area contributed by atoms with Gasteiger partial charge in [-0.1, -0.05) is 0 Å². The zero-order chi connectivity index (χ0) is 15.9. The number of fused-ring (bicyclic) bond motifs is 1. The first-order valence-electron chi connectivity index (χ1n) is 7.12. The van der Waals surface area contributed by atoms with Gasteiger partial charge in [-0.05, 0) is 39.0 Å². The van der Waals surface area contributed by atoms with E-state index in [0.29, 0.717) is 11.2 Å². The van der Waals surface area contributed by atoms with Crippen LogP contribution in [0.2, 0.25) is 0 Å². The number of hydrogen-bond acceptors (Lipinski definition) is 4. The maximum absolute atomic E-state index is 12.7. The molecule has 3 heterocycles. The molecule has 0 fully saturated rings. The van der Waals surface area contributed by atoms with Crippen molar-refractivity contribution >= 4 is 16.9 Å². The molecule has 0 radical (unpaired) electrons. The summed E-state index contributed by atoms with van der Waals surface area (Å²) in [6, 6.07) is 5.23. The molecule has 6 nitrogen and oxygen atoms in total. The summed E-state index contributed by atoms with van der Waals surface area (Å²) >= 11 is 0. The highest BCUT2D eigenvalue weighted by molar-refractivity contribution is 6.06. The van der Waals surface area contributed by atoms with E-state index in [9.17, 15) is 4.79 Å². The minimum atomic E-state index is -0.206. The van der Waals surface area contributed by atoms with Gasteiger partial charge in [0, 0.05) is 12.7 Å². The molecule has 22 heavy (non-hydrogen) atoms. The lowest BCUT2D eigenvalue weighted by Crippen LogP contribution is -2.26. The Bertz CT molecular complexity index is 834. The van der Waals surface area contributed by atoms with Gasteiger partial charge in [0.05, 0.1) is 28.9 Å². The van der Waals surface area contributed by atoms with Crippen molar-refractivity contribution in [2.45, 2.75) is 26.8 Å². The quantitative estimate of drug-likeness (QED) is 0.807. The third kappa shape index (κ3) is 2.36. The Hall–Kier alpha value is -2.63. The molecule has 0 bridgehead atoms. The predicted molar refractivity (Wildman–Crippen MR) is 82.6 cm³/mol. The molecule has 3 rings (SSSR count). The van der Waals surface area contributed by atoms with E-state index in [4.69, 9.17) is 4.42 Å². The van der Waals surface area contributed by atoms with E-state index in [1.165, 1.54) is 0 Å². The van der Waals surface area contributed by atoms with Crippen molar-refractivity contribution in [2.75, 3.05) is 0 Å². The highest BCUT2D eigenvalue weighted by atomic mass is 16.3. The monoisotopic (exact) mass is 298 g/mol. The van der Waals surface area contributed by atoms with Gasteiger partial charge >= 0.3 is 0 Å². The van der Waals surface area contributed by atoms with E-state index in [1.54, 1.807) is 23.1 Å². The topological polar surface area (TPSA) is 73.0 Å². The normalized spacial score (nSPS) is 12.5. The number of carbonyl (C=O) groups excluding carboxylic acids is 1. The van der Waals surface area contributed by atoms with Crippen LogP contribution in [-0.4, -0.2) is 20.7 Å². The highest BCUT2D eigenvalue weighted by Gasteiger charge is 2.20. The van der Waals surface area contributed by atoms with Crippen LogP contribution < -0.4 is 5.32 Å². The number of nitrogens with one attached hydrogen (secondary N) is 1. The molecular weight excluding hydrogens is 280 g/mol. The average Bonchev–Trinajstić information content (AvgIpc) is 3.08. The summed E-state index contributed by atoms with van der Waals surface area (Å²) in [4.78, 5) is 17.1. The molecule has 0 saturated heterocycles. The van der Waals surface area contributed by atoms with Crippen LogP contribution in [-0.2, 0) is 7.05 Å². The number of aromatic nitrogens is 3. The molecule has 0 saturated carbocycles. The molecular formula is C16H18N4O2. The van der Waals surface area contributed by atoms with Gasteiger partial charge in [-0.15, -0.1) is 0 Å². The fourth-order valence-corrected chi connectivity index (χ4v) is 2.63. The van der Waals surface area contributed by atoms with Crippen LogP contribution in [0.3, 0.4) is 0 Å². The summed E-state index contributed by atoms with van der Waals surface area (Å²) in [7, 11) is 1.83. The first kappa shape index (κ1) is 14.3. The van der Waals surface area contributed by atoms with Crippen molar-refractivity contribution in [2.24, 2.45) is 7.05 Å². The van der Waals surface area contributed by atoms with Crippen LogP contribution in [0.15, 0.2) is 28.9 Å². The minimum absolute atomic E-state index is 0.157. The van der Waals surface area contributed by atoms with Crippen LogP contribution in [0.5, 0.6) is 0 Å². The minimum Gasteiger partial charge on any atom is -0.467 e. The second-order valence-corrected chi connectivity index (χ2v) is 5.43. The van der Waals surface area contributed by atoms with Gasteiger partial charge in [-0.25, -0.2) is 4.98 Å². The lowest BCUT2D eigenvalue weighted by atomic mass is 10.1. The smallest absolute Gasteiger partial charge is 0.252 e. The average molecular weight is 298 g/mol. The van der Waals surface area contributed by atoms with Crippen molar-refractivity contribution in [1.82, 2.24) is 20.1 Å². The van der Waals surface area contributed by atoms with Crippen LogP contribution in [0.25, 0.3) is 11.0 Å². The third-order valence-corrected chi connectivity index (χ3v) is 3.66. The largest absolute Gasteiger partial charge is 0.467 e. The summed E-state index contributed by atoms with van der Waals surface area (Å²) in [6.07, 6.45) is 1.60. The first-order chi connectivity index (χ1) is 10.5. The Morgan fingerprint density at radius 3 is 2.86 bits per heavy atom. The lowest BCUT2D eigenvalue weighted by Gasteiger charge is -2.12. The van der Waals surface area contributed by atoms with Crippen LogP contribution in [0.1, 0.15) is 40.5 Å². The standard InChI is InChI=1S/C16H18N4O2/c1-9-8-12(14-11(3)19-20(4)15(14)17-9)16(21)18-10(2)13-6-5-7-22-13/h5-8,10H,1-4H3,(H,18,21)/t10-/m1/s1. The van der Waals surface area contributed by atoms with Crippen molar-refractivity contribution in [1.29, 1.82) is 0 Å². The summed E-state index contributed by atoms with van der Waals surface area (Å²) < 4.78 is 7.03. The molecule has 0 unspecified atom stereocenters. The van der Waals surface area contributed by atoms with Crippen LogP contribution >= 0.6 is 0 Å². The van der Waals surface area contributed by atoms with E-state index in [1.807, 2.05) is 33.9 Å². The van der Waals surface area contributed by atoms with Gasteiger partial charge in [0.15, 0.2) is 5.65 Å². The van der Waals surface area contributed by atoms with E-state index in [0.717, 1.165) is 22.5 Å². The van der Waals surface area contributed by atoms with Gasteiger partial charge in [-0.2, -0.15) is 5.10 Å². The number of amides is 1. The summed E-state index contributed by atoms with van der Waals surface area (Å²) in [5.74, 6) is 0.564. The molecule has 1 amide bonds. The molecule has 0 aliphatic carbocycles. The Labute approximate surface area is 128 Å². The van der Waals surface area contributed by atoms with Crippen molar-refractivity contribution in [3.05, 3.63) is 47.2 Å². The zero-order valence-electron chi connectivity index (χ0n) is 13.0. The van der Waals surface area contributed by atoms with Gasteiger partial charge in [0.1, 0.15) is 5.76 Å². The summed E-state index contributed by atoms with van der Waals surface area (Å²) in [5, 5.41) is 8.11. The van der Waals surface area contributed by atoms with Crippen molar-refractivity contribution < 1.29 is 9.21 Å². The summed E-state index contributed by atoms with van der Waals surface area (Å²) in [6.45, 7) is 5.64. The number of rotatable bonds is 3. The molecule has 0 aliphatic rings. The predicted octanol–water partition coefficient (Wildman–Crippen LogP) is 2.67. The first-order valence-corrected chi connectivity index (χ1v) is 7.12. The maximum atomic E-state index is 12.7. The number of furan rings is 1. The number of hydrogen-bond donors (Lipinski definition) is 1. The van der Waals surface area contributed by atoms with Gasteiger partial charge in [0.25, 0.3) is 5.91 Å². The molecule has 1 N–H and O–H groups in total. The fourth-order valence-electron chi connectivity index (χ4n) is 2.63. The molecule has 0 aromatic carbocycles. The Kier molecular flexibility index (Phi) is 3.44. The highest BCUT2D eigenvalue weighted by Crippen LogP contribution is 2.22. The van der Waals surface area contributed by atoms with Gasteiger partial charge in [0.2, 0.25) is 0 Å². The Morgan fingerprint density at radius 2 is 2.18 bits per heavy atom. The van der Waals surface area contributed by atoms with Gasteiger partial charge in [-0.3, -0.25) is 9.48 Å². The van der Waals surface area contributed by atoms with Gasteiger partial charge < -0.3 is 9.73 Å². The fraction of sp³-hybridized carbons (Fsp3) is 0.312. The summed E-state index contributed by atoms with van der Waals surface area (Å²) in [5.41, 5.74) is 2.88. The Balaban J connectivity index is 2.00. The molecule has 6 heteroatoms. The molecule has 0 spiro atoms. The molecule has 0 aliphatic heterocycles. The number of nitrogens with zero attached hydrogens (tertiary/aromatic N) is 3. The second-order valence-electron chi connectivity index (χ2n) is 5.43. The lowest BCUT2D eigenvalue weighted by molar-refractivity contribution is 0.0937. The molecule has 114 valence electrons. The van der Waals surface area contributed by atoms with Crippen LogP contribution in [0.4, 0.5) is 0 Å². The maximum Gasteiger partial charge on any atom is 0.252 e. The second kappa shape index (κ2) is 5.29. The Morgan fingerprint density at radius 1 is 1.41 bits per heavy atom. The van der Waals surface area contributed by atoms with Crippen LogP contribution in [0, 0.1) is 13.8 Å². The van der Waals surface area contributed by atoms with Crippen molar-refractivity contribution in [3.63, 3.8) is 0 Å². The molecule has 1 atom stereocenters. The van der Waals surface area contributed by atoms with E-state index < -0.39 is 0 Å². The molecule has 3 aromatic heterocycles. The van der Waals surface area contributed by atoms with Crippen molar-refractivity contribution in [3.8, 4) is 0 Å². The van der Waals surface area contributed by atoms with E-state index >= 15 is 0 Å². The number of carbonyl (C=O) groups is 1. The SMILES string of the molecule is Cc1cc(C(=O)N[C@H](C)c2ccco2)c2c(C)nn(C)c2n1. The number of pyridine rings is 1. The zero-order valence-corrected chi connectivity index (χ0v) is 13.0. The molecule has 3 aromatic rings. The van der Waals surface area contributed by atoms with E-state index in [-0.39, 0.29) is 11.9 Å².